The molecular formula is C13H16N4. The van der Waals surface area contributed by atoms with Crippen LogP contribution in [0.5, 0.6) is 0 Å². The maximum atomic E-state index is 4.41. The van der Waals surface area contributed by atoms with E-state index in [4.69, 9.17) is 0 Å². The standard InChI is InChI=1S/C13H16N4/c1-9-4-5-12(6-14-9)7-16-13-8-15-10(2)11(3)17-13/h4-6,8H,7H2,1-3H3,(H,16,17). The van der Waals surface area contributed by atoms with Gasteiger partial charge in [-0.15, -0.1) is 0 Å². The lowest BCUT2D eigenvalue weighted by Crippen LogP contribution is -2.04. The third-order valence-electron chi connectivity index (χ3n) is 2.64. The molecule has 2 aromatic heterocycles. The molecule has 0 aliphatic rings. The smallest absolute Gasteiger partial charge is 0.145 e. The fraction of sp³-hybridized carbons (Fsp3) is 0.308. The zero-order valence-electron chi connectivity index (χ0n) is 10.4. The van der Waals surface area contributed by atoms with Crippen molar-refractivity contribution >= 4 is 5.82 Å². The van der Waals surface area contributed by atoms with Crippen LogP contribution in [0.3, 0.4) is 0 Å². The highest BCUT2D eigenvalue weighted by molar-refractivity contribution is 5.34. The highest BCUT2D eigenvalue weighted by Gasteiger charge is 1.99. The van der Waals surface area contributed by atoms with E-state index in [1.807, 2.05) is 33.0 Å². The highest BCUT2D eigenvalue weighted by Crippen LogP contribution is 2.07. The quantitative estimate of drug-likeness (QED) is 0.876. The Bertz CT molecular complexity index is 505. The van der Waals surface area contributed by atoms with Gasteiger partial charge in [0.15, 0.2) is 0 Å². The van der Waals surface area contributed by atoms with Gasteiger partial charge in [-0.2, -0.15) is 0 Å². The molecule has 17 heavy (non-hydrogen) atoms. The summed E-state index contributed by atoms with van der Waals surface area (Å²) in [5.74, 6) is 0.800. The number of pyridine rings is 1. The maximum Gasteiger partial charge on any atom is 0.145 e. The van der Waals surface area contributed by atoms with Gasteiger partial charge < -0.3 is 5.32 Å². The van der Waals surface area contributed by atoms with Crippen LogP contribution in [0.25, 0.3) is 0 Å². The topological polar surface area (TPSA) is 50.7 Å². The van der Waals surface area contributed by atoms with Crippen LogP contribution < -0.4 is 5.32 Å². The minimum atomic E-state index is 0.713. The van der Waals surface area contributed by atoms with Gasteiger partial charge in [-0.1, -0.05) is 6.07 Å². The first-order valence-electron chi connectivity index (χ1n) is 5.61. The van der Waals surface area contributed by atoms with E-state index >= 15 is 0 Å². The first kappa shape index (κ1) is 11.5. The molecule has 0 radical (unpaired) electrons. The Kier molecular flexibility index (Phi) is 3.32. The van der Waals surface area contributed by atoms with E-state index in [0.29, 0.717) is 6.54 Å². The predicted octanol–water partition coefficient (Wildman–Crippen LogP) is 2.41. The van der Waals surface area contributed by atoms with Gasteiger partial charge in [-0.25, -0.2) is 4.98 Å². The van der Waals surface area contributed by atoms with Crippen molar-refractivity contribution in [3.8, 4) is 0 Å². The maximum absolute atomic E-state index is 4.41. The van der Waals surface area contributed by atoms with Crippen molar-refractivity contribution in [2.24, 2.45) is 0 Å². The van der Waals surface area contributed by atoms with E-state index in [0.717, 1.165) is 28.5 Å². The van der Waals surface area contributed by atoms with Gasteiger partial charge in [-0.3, -0.25) is 9.97 Å². The second-order valence-electron chi connectivity index (χ2n) is 4.09. The van der Waals surface area contributed by atoms with E-state index in [1.54, 1.807) is 6.20 Å². The van der Waals surface area contributed by atoms with Crippen molar-refractivity contribution in [2.75, 3.05) is 5.32 Å². The van der Waals surface area contributed by atoms with Gasteiger partial charge in [0.1, 0.15) is 5.82 Å². The summed E-state index contributed by atoms with van der Waals surface area (Å²) < 4.78 is 0. The number of aromatic nitrogens is 3. The molecule has 4 heteroatoms. The lowest BCUT2D eigenvalue weighted by atomic mass is 10.2. The van der Waals surface area contributed by atoms with Crippen molar-refractivity contribution < 1.29 is 0 Å². The van der Waals surface area contributed by atoms with Crippen LogP contribution in [0.4, 0.5) is 5.82 Å². The van der Waals surface area contributed by atoms with Crippen molar-refractivity contribution in [1.29, 1.82) is 0 Å². The summed E-state index contributed by atoms with van der Waals surface area (Å²) >= 11 is 0. The number of aryl methyl sites for hydroxylation is 3. The number of nitrogens with zero attached hydrogens (tertiary/aromatic N) is 3. The molecule has 0 aliphatic carbocycles. The molecule has 2 rings (SSSR count). The fourth-order valence-electron chi connectivity index (χ4n) is 1.42. The second-order valence-corrected chi connectivity index (χ2v) is 4.09. The summed E-state index contributed by atoms with van der Waals surface area (Å²) in [5, 5.41) is 3.23. The molecule has 0 aromatic carbocycles. The number of nitrogens with one attached hydrogen (secondary N) is 1. The lowest BCUT2D eigenvalue weighted by Gasteiger charge is -2.07. The molecule has 0 fully saturated rings. The van der Waals surface area contributed by atoms with Gasteiger partial charge in [0.25, 0.3) is 0 Å². The zero-order chi connectivity index (χ0) is 12.3. The molecule has 4 nitrogen and oxygen atoms in total. The zero-order valence-corrected chi connectivity index (χ0v) is 10.4. The molecule has 2 heterocycles. The van der Waals surface area contributed by atoms with Crippen LogP contribution in [0.15, 0.2) is 24.5 Å². The molecule has 0 spiro atoms. The molecule has 0 unspecified atom stereocenters. The van der Waals surface area contributed by atoms with Gasteiger partial charge in [0.05, 0.1) is 17.6 Å². The Morgan fingerprint density at radius 2 is 1.82 bits per heavy atom. The van der Waals surface area contributed by atoms with E-state index in [-0.39, 0.29) is 0 Å². The van der Waals surface area contributed by atoms with Crippen LogP contribution in [-0.4, -0.2) is 15.0 Å². The summed E-state index contributed by atoms with van der Waals surface area (Å²) in [5.41, 5.74) is 4.08. The Morgan fingerprint density at radius 1 is 1.00 bits per heavy atom. The monoisotopic (exact) mass is 228 g/mol. The SMILES string of the molecule is Cc1ccc(CNc2cnc(C)c(C)n2)cn1. The van der Waals surface area contributed by atoms with Crippen LogP contribution in [0.2, 0.25) is 0 Å². The molecule has 88 valence electrons. The van der Waals surface area contributed by atoms with Crippen LogP contribution in [-0.2, 0) is 6.54 Å². The predicted molar refractivity (Wildman–Crippen MR) is 67.8 cm³/mol. The number of rotatable bonds is 3. The van der Waals surface area contributed by atoms with Gasteiger partial charge >= 0.3 is 0 Å². The molecular weight excluding hydrogens is 212 g/mol. The Morgan fingerprint density at radius 3 is 2.47 bits per heavy atom. The number of hydrogen-bond acceptors (Lipinski definition) is 4. The molecule has 0 amide bonds. The van der Waals surface area contributed by atoms with Crippen LogP contribution >= 0.6 is 0 Å². The molecule has 0 saturated carbocycles. The molecule has 1 N–H and O–H groups in total. The summed E-state index contributed by atoms with van der Waals surface area (Å²) in [7, 11) is 0. The summed E-state index contributed by atoms with van der Waals surface area (Å²) in [6.07, 6.45) is 3.63. The first-order chi connectivity index (χ1) is 8.15. The molecule has 2 aromatic rings. The van der Waals surface area contributed by atoms with Crippen molar-refractivity contribution in [2.45, 2.75) is 27.3 Å². The van der Waals surface area contributed by atoms with Crippen molar-refractivity contribution in [1.82, 2.24) is 15.0 Å². The average molecular weight is 228 g/mol. The summed E-state index contributed by atoms with van der Waals surface area (Å²) in [6.45, 7) is 6.60. The lowest BCUT2D eigenvalue weighted by molar-refractivity contribution is 1.01. The third-order valence-corrected chi connectivity index (χ3v) is 2.64. The normalized spacial score (nSPS) is 10.3. The van der Waals surface area contributed by atoms with Gasteiger partial charge in [-0.05, 0) is 32.4 Å². The van der Waals surface area contributed by atoms with E-state index in [2.05, 4.69) is 26.3 Å². The number of hydrogen-bond donors (Lipinski definition) is 1. The minimum Gasteiger partial charge on any atom is -0.365 e. The summed E-state index contributed by atoms with van der Waals surface area (Å²) in [6, 6.07) is 4.06. The van der Waals surface area contributed by atoms with E-state index in [1.165, 1.54) is 0 Å². The highest BCUT2D eigenvalue weighted by atomic mass is 15.0. The van der Waals surface area contributed by atoms with E-state index in [9.17, 15) is 0 Å². The fourth-order valence-corrected chi connectivity index (χ4v) is 1.42. The largest absolute Gasteiger partial charge is 0.365 e. The molecule has 0 aliphatic heterocycles. The molecule has 0 saturated heterocycles. The molecule has 0 bridgehead atoms. The summed E-state index contributed by atoms with van der Waals surface area (Å²) in [4.78, 5) is 12.9. The van der Waals surface area contributed by atoms with Gasteiger partial charge in [0.2, 0.25) is 0 Å². The van der Waals surface area contributed by atoms with E-state index < -0.39 is 0 Å². The third kappa shape index (κ3) is 3.00. The Balaban J connectivity index is 2.02. The van der Waals surface area contributed by atoms with Crippen molar-refractivity contribution in [3.05, 3.63) is 47.2 Å². The minimum absolute atomic E-state index is 0.713. The van der Waals surface area contributed by atoms with Crippen LogP contribution in [0.1, 0.15) is 22.6 Å². The van der Waals surface area contributed by atoms with Crippen molar-refractivity contribution in [3.63, 3.8) is 0 Å². The number of anilines is 1. The van der Waals surface area contributed by atoms with Gasteiger partial charge in [0, 0.05) is 18.4 Å². The second kappa shape index (κ2) is 4.91. The average Bonchev–Trinajstić information content (AvgIpc) is 2.33. The first-order valence-corrected chi connectivity index (χ1v) is 5.61. The Labute approximate surface area is 101 Å². The van der Waals surface area contributed by atoms with Crippen LogP contribution in [0, 0.1) is 20.8 Å². The molecule has 0 atom stereocenters. The Hall–Kier alpha value is -1.97.